The van der Waals surface area contributed by atoms with E-state index in [1.54, 1.807) is 14.2 Å². The quantitative estimate of drug-likeness (QED) is 0.918. The lowest BCUT2D eigenvalue weighted by Crippen LogP contribution is -2.35. The number of nitrogens with two attached hydrogens (primary N) is 1. The minimum atomic E-state index is 0.321. The monoisotopic (exact) mass is 258 g/mol. The third-order valence-corrected chi connectivity index (χ3v) is 3.86. The first-order valence-corrected chi connectivity index (χ1v) is 6.49. The summed E-state index contributed by atoms with van der Waals surface area (Å²) >= 11 is 0. The Bertz CT molecular complexity index is 606. The Labute approximate surface area is 112 Å². The molecule has 100 valence electrons. The maximum Gasteiger partial charge on any atom is 0.161 e. The molecule has 0 aliphatic heterocycles. The van der Waals surface area contributed by atoms with E-state index in [2.05, 4.69) is 4.98 Å². The second kappa shape index (κ2) is 4.70. The Kier molecular flexibility index (Phi) is 3.03. The summed E-state index contributed by atoms with van der Waals surface area (Å²) in [5.41, 5.74) is 7.00. The van der Waals surface area contributed by atoms with E-state index in [9.17, 15) is 0 Å². The zero-order chi connectivity index (χ0) is 13.4. The van der Waals surface area contributed by atoms with Gasteiger partial charge in [-0.25, -0.2) is 0 Å². The van der Waals surface area contributed by atoms with E-state index in [0.29, 0.717) is 12.0 Å². The van der Waals surface area contributed by atoms with Gasteiger partial charge >= 0.3 is 0 Å². The number of fused-ring (bicyclic) bond motifs is 1. The minimum absolute atomic E-state index is 0.321. The smallest absolute Gasteiger partial charge is 0.161 e. The second-order valence-electron chi connectivity index (χ2n) is 5.05. The maximum absolute atomic E-state index is 5.88. The number of methoxy groups -OCH3 is 2. The second-order valence-corrected chi connectivity index (χ2v) is 5.05. The molecule has 0 saturated heterocycles. The lowest BCUT2D eigenvalue weighted by atomic mass is 9.77. The summed E-state index contributed by atoms with van der Waals surface area (Å²) in [4.78, 5) is 4.54. The third-order valence-electron chi connectivity index (χ3n) is 3.86. The van der Waals surface area contributed by atoms with E-state index in [4.69, 9.17) is 15.2 Å². The Hall–Kier alpha value is -1.81. The molecule has 4 heteroatoms. The van der Waals surface area contributed by atoms with E-state index in [-0.39, 0.29) is 0 Å². The van der Waals surface area contributed by atoms with Crippen molar-refractivity contribution in [2.75, 3.05) is 14.2 Å². The van der Waals surface area contributed by atoms with Gasteiger partial charge in [0.15, 0.2) is 11.5 Å². The number of pyridine rings is 1. The fraction of sp³-hybridized carbons (Fsp3) is 0.400. The van der Waals surface area contributed by atoms with Crippen molar-refractivity contribution in [3.63, 3.8) is 0 Å². The standard InChI is InChI=1S/C15H18N2O2/c1-18-13-7-9-3-4-17-15(10-5-11(16)6-10)12(9)8-14(13)19-2/h3-4,7-8,10-11H,5-6,16H2,1-2H3. The molecular formula is C15H18N2O2. The molecule has 2 N–H and O–H groups in total. The largest absolute Gasteiger partial charge is 0.493 e. The average molecular weight is 258 g/mol. The SMILES string of the molecule is COc1cc2ccnc(C3CC(N)C3)c2cc1OC. The molecule has 0 atom stereocenters. The molecular weight excluding hydrogens is 240 g/mol. The van der Waals surface area contributed by atoms with Crippen LogP contribution < -0.4 is 15.2 Å². The molecule has 0 bridgehead atoms. The number of benzene rings is 1. The van der Waals surface area contributed by atoms with Gasteiger partial charge in [-0.3, -0.25) is 4.98 Å². The average Bonchev–Trinajstić information content (AvgIpc) is 2.41. The van der Waals surface area contributed by atoms with Crippen molar-refractivity contribution in [3.8, 4) is 11.5 Å². The van der Waals surface area contributed by atoms with Crippen molar-refractivity contribution in [2.24, 2.45) is 5.73 Å². The van der Waals surface area contributed by atoms with Crippen LogP contribution in [0.25, 0.3) is 10.8 Å². The summed E-state index contributed by atoms with van der Waals surface area (Å²) in [5.74, 6) is 1.96. The van der Waals surface area contributed by atoms with Gasteiger partial charge in [-0.15, -0.1) is 0 Å². The summed E-state index contributed by atoms with van der Waals surface area (Å²) in [6.07, 6.45) is 3.88. The molecule has 1 saturated carbocycles. The van der Waals surface area contributed by atoms with E-state index in [1.165, 1.54) is 0 Å². The zero-order valence-corrected chi connectivity index (χ0v) is 11.2. The lowest BCUT2D eigenvalue weighted by molar-refractivity contribution is 0.346. The highest BCUT2D eigenvalue weighted by atomic mass is 16.5. The topological polar surface area (TPSA) is 57.4 Å². The first-order valence-electron chi connectivity index (χ1n) is 6.49. The van der Waals surface area contributed by atoms with Gasteiger partial charge in [-0.05, 0) is 36.4 Å². The first kappa shape index (κ1) is 12.2. The van der Waals surface area contributed by atoms with Crippen LogP contribution in [0, 0.1) is 0 Å². The van der Waals surface area contributed by atoms with Crippen LogP contribution >= 0.6 is 0 Å². The first-order chi connectivity index (χ1) is 9.22. The predicted octanol–water partition coefficient (Wildman–Crippen LogP) is 2.46. The van der Waals surface area contributed by atoms with Crippen LogP contribution in [0.1, 0.15) is 24.5 Å². The zero-order valence-electron chi connectivity index (χ0n) is 11.2. The molecule has 2 aromatic rings. The van der Waals surface area contributed by atoms with E-state index >= 15 is 0 Å². The summed E-state index contributed by atoms with van der Waals surface area (Å²) in [6, 6.07) is 6.33. The Morgan fingerprint density at radius 2 is 1.84 bits per heavy atom. The minimum Gasteiger partial charge on any atom is -0.493 e. The number of rotatable bonds is 3. The van der Waals surface area contributed by atoms with Crippen LogP contribution in [0.5, 0.6) is 11.5 Å². The molecule has 19 heavy (non-hydrogen) atoms. The van der Waals surface area contributed by atoms with Crippen molar-refractivity contribution in [3.05, 3.63) is 30.1 Å². The number of hydrogen-bond donors (Lipinski definition) is 1. The fourth-order valence-electron chi connectivity index (χ4n) is 2.73. The van der Waals surface area contributed by atoms with E-state index < -0.39 is 0 Å². The molecule has 4 nitrogen and oxygen atoms in total. The summed E-state index contributed by atoms with van der Waals surface area (Å²) in [7, 11) is 3.30. The molecule has 0 unspecified atom stereocenters. The van der Waals surface area contributed by atoms with Gasteiger partial charge in [0.05, 0.1) is 19.9 Å². The highest BCUT2D eigenvalue weighted by Gasteiger charge is 2.29. The van der Waals surface area contributed by atoms with Crippen LogP contribution in [-0.4, -0.2) is 25.2 Å². The van der Waals surface area contributed by atoms with Crippen LogP contribution in [0.2, 0.25) is 0 Å². The van der Waals surface area contributed by atoms with Gasteiger partial charge in [0.1, 0.15) is 0 Å². The molecule has 1 aliphatic carbocycles. The van der Waals surface area contributed by atoms with Crippen molar-refractivity contribution in [1.82, 2.24) is 4.98 Å². The molecule has 1 fully saturated rings. The van der Waals surface area contributed by atoms with Crippen LogP contribution in [-0.2, 0) is 0 Å². The van der Waals surface area contributed by atoms with E-state index in [0.717, 1.165) is 40.8 Å². The predicted molar refractivity (Wildman–Crippen MR) is 74.8 cm³/mol. The highest BCUT2D eigenvalue weighted by molar-refractivity contribution is 5.88. The Morgan fingerprint density at radius 3 is 2.47 bits per heavy atom. The molecule has 3 rings (SSSR count). The third kappa shape index (κ3) is 2.02. The molecule has 0 spiro atoms. The van der Waals surface area contributed by atoms with Gasteiger partial charge in [-0.2, -0.15) is 0 Å². The molecule has 1 aliphatic rings. The molecule has 0 radical (unpaired) electrons. The molecule has 1 aromatic carbocycles. The van der Waals surface area contributed by atoms with Crippen molar-refractivity contribution in [2.45, 2.75) is 24.8 Å². The number of ether oxygens (including phenoxy) is 2. The van der Waals surface area contributed by atoms with Gasteiger partial charge in [0.2, 0.25) is 0 Å². The summed E-state index contributed by atoms with van der Waals surface area (Å²) in [5, 5.41) is 2.26. The van der Waals surface area contributed by atoms with E-state index in [1.807, 2.05) is 24.4 Å². The van der Waals surface area contributed by atoms with Crippen LogP contribution in [0.3, 0.4) is 0 Å². The van der Waals surface area contributed by atoms with Crippen molar-refractivity contribution < 1.29 is 9.47 Å². The van der Waals surface area contributed by atoms with Crippen LogP contribution in [0.4, 0.5) is 0 Å². The Morgan fingerprint density at radius 1 is 1.16 bits per heavy atom. The maximum atomic E-state index is 5.88. The van der Waals surface area contributed by atoms with Crippen molar-refractivity contribution >= 4 is 10.8 Å². The normalized spacial score (nSPS) is 22.1. The van der Waals surface area contributed by atoms with Gasteiger partial charge in [0, 0.05) is 23.5 Å². The number of aromatic nitrogens is 1. The fourth-order valence-corrected chi connectivity index (χ4v) is 2.73. The van der Waals surface area contributed by atoms with Gasteiger partial charge in [-0.1, -0.05) is 0 Å². The van der Waals surface area contributed by atoms with Crippen LogP contribution in [0.15, 0.2) is 24.4 Å². The summed E-state index contributed by atoms with van der Waals surface area (Å²) in [6.45, 7) is 0. The molecule has 1 heterocycles. The lowest BCUT2D eigenvalue weighted by Gasteiger charge is -2.32. The van der Waals surface area contributed by atoms with Crippen molar-refractivity contribution in [1.29, 1.82) is 0 Å². The Balaban J connectivity index is 2.13. The number of nitrogens with zero attached hydrogens (tertiary/aromatic N) is 1. The number of hydrogen-bond acceptors (Lipinski definition) is 4. The highest BCUT2D eigenvalue weighted by Crippen LogP contribution is 2.40. The van der Waals surface area contributed by atoms with Gasteiger partial charge < -0.3 is 15.2 Å². The molecule has 0 amide bonds. The van der Waals surface area contributed by atoms with Gasteiger partial charge in [0.25, 0.3) is 0 Å². The molecule has 1 aromatic heterocycles. The summed E-state index contributed by atoms with van der Waals surface area (Å²) < 4.78 is 10.7.